The lowest BCUT2D eigenvalue weighted by molar-refractivity contribution is 0.642. The Bertz CT molecular complexity index is 491. The van der Waals surface area contributed by atoms with Crippen LogP contribution < -0.4 is 11.1 Å². The highest BCUT2D eigenvalue weighted by molar-refractivity contribution is 5.49. The van der Waals surface area contributed by atoms with E-state index >= 15 is 0 Å². The van der Waals surface area contributed by atoms with Crippen molar-refractivity contribution in [2.24, 2.45) is 5.73 Å². The van der Waals surface area contributed by atoms with Crippen LogP contribution in [0, 0.1) is 6.92 Å². The molecule has 0 amide bonds. The van der Waals surface area contributed by atoms with Crippen molar-refractivity contribution >= 4 is 11.6 Å². The standard InChI is InChI=1S/C12H19N5/c1-3-5-10(8-13)14-12-15-11-9(2)6-4-7-17(11)16-12/h4,6-7,10H,3,5,8,13H2,1-2H3,(H,14,16). The predicted octanol–water partition coefficient (Wildman–Crippen LogP) is 1.58. The second kappa shape index (κ2) is 5.14. The van der Waals surface area contributed by atoms with Crippen molar-refractivity contribution < 1.29 is 0 Å². The van der Waals surface area contributed by atoms with Crippen molar-refractivity contribution in [3.8, 4) is 0 Å². The zero-order valence-corrected chi connectivity index (χ0v) is 10.3. The van der Waals surface area contributed by atoms with Crippen molar-refractivity contribution in [2.45, 2.75) is 32.7 Å². The molecule has 0 fully saturated rings. The Morgan fingerprint density at radius 2 is 2.35 bits per heavy atom. The highest BCUT2D eigenvalue weighted by Crippen LogP contribution is 2.11. The molecular weight excluding hydrogens is 214 g/mol. The molecule has 92 valence electrons. The van der Waals surface area contributed by atoms with Gasteiger partial charge in [-0.15, -0.1) is 5.10 Å². The van der Waals surface area contributed by atoms with Gasteiger partial charge in [0.25, 0.3) is 0 Å². The summed E-state index contributed by atoms with van der Waals surface area (Å²) in [6.45, 7) is 4.77. The van der Waals surface area contributed by atoms with Gasteiger partial charge in [0, 0.05) is 18.8 Å². The van der Waals surface area contributed by atoms with Crippen LogP contribution >= 0.6 is 0 Å². The minimum atomic E-state index is 0.248. The maximum absolute atomic E-state index is 5.71. The van der Waals surface area contributed by atoms with Gasteiger partial charge >= 0.3 is 0 Å². The summed E-state index contributed by atoms with van der Waals surface area (Å²) in [5, 5.41) is 7.66. The fraction of sp³-hybridized carbons (Fsp3) is 0.500. The van der Waals surface area contributed by atoms with Gasteiger partial charge in [-0.3, -0.25) is 0 Å². The molecule has 1 unspecified atom stereocenters. The largest absolute Gasteiger partial charge is 0.349 e. The van der Waals surface area contributed by atoms with Gasteiger partial charge < -0.3 is 11.1 Å². The number of hydrogen-bond acceptors (Lipinski definition) is 4. The Balaban J connectivity index is 2.21. The number of hydrogen-bond donors (Lipinski definition) is 2. The van der Waals surface area contributed by atoms with Gasteiger partial charge in [-0.2, -0.15) is 4.98 Å². The van der Waals surface area contributed by atoms with Crippen molar-refractivity contribution in [3.05, 3.63) is 23.9 Å². The summed E-state index contributed by atoms with van der Waals surface area (Å²) in [5.74, 6) is 0.656. The molecule has 0 saturated carbocycles. The van der Waals surface area contributed by atoms with Gasteiger partial charge in [0.15, 0.2) is 5.65 Å². The number of nitrogens with two attached hydrogens (primary N) is 1. The molecule has 2 aromatic heterocycles. The zero-order valence-electron chi connectivity index (χ0n) is 10.3. The van der Waals surface area contributed by atoms with Crippen LogP contribution in [0.3, 0.4) is 0 Å². The summed E-state index contributed by atoms with van der Waals surface area (Å²) in [7, 11) is 0. The topological polar surface area (TPSA) is 68.2 Å². The first-order valence-electron chi connectivity index (χ1n) is 6.03. The first-order valence-corrected chi connectivity index (χ1v) is 6.03. The Hall–Kier alpha value is -1.62. The van der Waals surface area contributed by atoms with E-state index in [1.165, 1.54) is 0 Å². The highest BCUT2D eigenvalue weighted by Gasteiger charge is 2.10. The van der Waals surface area contributed by atoms with Crippen LogP contribution in [0.5, 0.6) is 0 Å². The van der Waals surface area contributed by atoms with Crippen LogP contribution in [0.2, 0.25) is 0 Å². The lowest BCUT2D eigenvalue weighted by Crippen LogP contribution is -2.29. The molecule has 5 nitrogen and oxygen atoms in total. The van der Waals surface area contributed by atoms with Gasteiger partial charge in [-0.25, -0.2) is 4.52 Å². The van der Waals surface area contributed by atoms with Crippen LogP contribution in [0.4, 0.5) is 5.95 Å². The normalized spacial score (nSPS) is 12.9. The summed E-state index contributed by atoms with van der Waals surface area (Å²) < 4.78 is 1.79. The molecule has 3 N–H and O–H groups in total. The fourth-order valence-electron chi connectivity index (χ4n) is 1.88. The summed E-state index contributed by atoms with van der Waals surface area (Å²) in [4.78, 5) is 4.47. The Morgan fingerprint density at radius 1 is 1.53 bits per heavy atom. The number of fused-ring (bicyclic) bond motifs is 1. The molecule has 0 saturated heterocycles. The lowest BCUT2D eigenvalue weighted by atomic mass is 10.2. The molecule has 0 aliphatic carbocycles. The maximum Gasteiger partial charge on any atom is 0.243 e. The lowest BCUT2D eigenvalue weighted by Gasteiger charge is -2.13. The van der Waals surface area contributed by atoms with E-state index < -0.39 is 0 Å². The van der Waals surface area contributed by atoms with E-state index in [1.54, 1.807) is 4.52 Å². The molecule has 2 rings (SSSR count). The summed E-state index contributed by atoms with van der Waals surface area (Å²) in [5.41, 5.74) is 7.72. The second-order valence-corrected chi connectivity index (χ2v) is 4.26. The third kappa shape index (κ3) is 2.55. The minimum absolute atomic E-state index is 0.248. The quantitative estimate of drug-likeness (QED) is 0.822. The van der Waals surface area contributed by atoms with Crippen molar-refractivity contribution in [1.29, 1.82) is 0 Å². The van der Waals surface area contributed by atoms with Crippen LogP contribution in [-0.4, -0.2) is 27.2 Å². The molecule has 2 aromatic rings. The summed E-state index contributed by atoms with van der Waals surface area (Å²) in [6, 6.07) is 4.24. The first-order chi connectivity index (χ1) is 8.24. The van der Waals surface area contributed by atoms with Gasteiger partial charge in [0.1, 0.15) is 0 Å². The molecule has 2 heterocycles. The molecule has 17 heavy (non-hydrogen) atoms. The average molecular weight is 233 g/mol. The molecule has 0 bridgehead atoms. The third-order valence-corrected chi connectivity index (χ3v) is 2.81. The Kier molecular flexibility index (Phi) is 3.58. The predicted molar refractivity (Wildman–Crippen MR) is 69.1 cm³/mol. The smallest absolute Gasteiger partial charge is 0.243 e. The average Bonchev–Trinajstić information content (AvgIpc) is 2.72. The number of aryl methyl sites for hydroxylation is 1. The highest BCUT2D eigenvalue weighted by atomic mass is 15.3. The fourth-order valence-corrected chi connectivity index (χ4v) is 1.88. The Labute approximate surface area is 101 Å². The van der Waals surface area contributed by atoms with E-state index in [0.29, 0.717) is 12.5 Å². The van der Waals surface area contributed by atoms with E-state index in [9.17, 15) is 0 Å². The first kappa shape index (κ1) is 11.9. The SMILES string of the molecule is CCCC(CN)Nc1nc2c(C)cccn2n1. The van der Waals surface area contributed by atoms with Crippen molar-refractivity contribution in [3.63, 3.8) is 0 Å². The van der Waals surface area contributed by atoms with Crippen molar-refractivity contribution in [2.75, 3.05) is 11.9 Å². The van der Waals surface area contributed by atoms with Gasteiger partial charge in [-0.1, -0.05) is 19.4 Å². The van der Waals surface area contributed by atoms with E-state index in [-0.39, 0.29) is 6.04 Å². The maximum atomic E-state index is 5.71. The number of anilines is 1. The molecule has 0 aliphatic heterocycles. The second-order valence-electron chi connectivity index (χ2n) is 4.26. The number of aromatic nitrogens is 3. The van der Waals surface area contributed by atoms with E-state index in [1.807, 2.05) is 25.3 Å². The number of pyridine rings is 1. The van der Waals surface area contributed by atoms with Crippen LogP contribution in [0.1, 0.15) is 25.3 Å². The van der Waals surface area contributed by atoms with Gasteiger partial charge in [0.05, 0.1) is 0 Å². The van der Waals surface area contributed by atoms with E-state index in [4.69, 9.17) is 5.73 Å². The molecule has 5 heteroatoms. The van der Waals surface area contributed by atoms with Crippen LogP contribution in [0.15, 0.2) is 18.3 Å². The van der Waals surface area contributed by atoms with Crippen molar-refractivity contribution in [1.82, 2.24) is 14.6 Å². The molecule has 1 atom stereocenters. The monoisotopic (exact) mass is 233 g/mol. The number of nitrogens with zero attached hydrogens (tertiary/aromatic N) is 3. The third-order valence-electron chi connectivity index (χ3n) is 2.81. The summed E-state index contributed by atoms with van der Waals surface area (Å²) >= 11 is 0. The molecule has 0 radical (unpaired) electrons. The van der Waals surface area contributed by atoms with Crippen LogP contribution in [0.25, 0.3) is 5.65 Å². The minimum Gasteiger partial charge on any atom is -0.349 e. The molecule has 0 aliphatic rings. The molecule has 0 aromatic carbocycles. The number of nitrogens with one attached hydrogen (secondary N) is 1. The molecule has 0 spiro atoms. The summed E-state index contributed by atoms with van der Waals surface area (Å²) in [6.07, 6.45) is 4.03. The van der Waals surface area contributed by atoms with Gasteiger partial charge in [-0.05, 0) is 25.0 Å². The van der Waals surface area contributed by atoms with Crippen LogP contribution in [-0.2, 0) is 0 Å². The zero-order chi connectivity index (χ0) is 12.3. The molecular formula is C12H19N5. The van der Waals surface area contributed by atoms with E-state index in [0.717, 1.165) is 24.1 Å². The number of rotatable bonds is 5. The van der Waals surface area contributed by atoms with E-state index in [2.05, 4.69) is 22.3 Å². The Morgan fingerprint density at radius 3 is 3.00 bits per heavy atom. The van der Waals surface area contributed by atoms with Gasteiger partial charge in [0.2, 0.25) is 5.95 Å².